The lowest BCUT2D eigenvalue weighted by Crippen LogP contribution is -2.65. The normalized spacial score (nSPS) is 21.6. The zero-order valence-electron chi connectivity index (χ0n) is 32.5. The molecule has 0 saturated carbocycles. The molecule has 0 radical (unpaired) electrons. The van der Waals surface area contributed by atoms with Crippen molar-refractivity contribution >= 4 is 15.9 Å². The maximum Gasteiger partial charge on any atom is 0.222 e. The number of aliphatic hydroxyl groups is 1. The van der Waals surface area contributed by atoms with Crippen LogP contribution in [0.15, 0.2) is 162 Å². The van der Waals surface area contributed by atoms with Gasteiger partial charge in [0.15, 0.2) is 0 Å². The highest BCUT2D eigenvalue weighted by molar-refractivity contribution is 9.10. The highest BCUT2D eigenvalue weighted by Gasteiger charge is 2.57. The minimum absolute atomic E-state index is 0.133. The Hall–Kier alpha value is -4.64. The third-order valence-electron chi connectivity index (χ3n) is 10.8. The van der Waals surface area contributed by atoms with E-state index in [0.717, 1.165) is 63.1 Å². The lowest BCUT2D eigenvalue weighted by atomic mass is 9.86. The molecule has 1 unspecified atom stereocenters. The first-order valence-electron chi connectivity index (χ1n) is 20.0. The first-order chi connectivity index (χ1) is 28.5. The van der Waals surface area contributed by atoms with Crippen LogP contribution in [0.4, 0.5) is 0 Å². The molecule has 1 fully saturated rings. The topological polar surface area (TPSA) is 75.6 Å². The molecule has 0 aromatic heterocycles. The molecule has 2 aliphatic rings. The van der Waals surface area contributed by atoms with Gasteiger partial charge in [-0.05, 0) is 76.4 Å². The van der Waals surface area contributed by atoms with E-state index in [-0.39, 0.29) is 19.8 Å². The highest BCUT2D eigenvalue weighted by atomic mass is 79.9. The van der Waals surface area contributed by atoms with Crippen LogP contribution in [0.2, 0.25) is 0 Å². The van der Waals surface area contributed by atoms with Crippen LogP contribution in [0, 0.1) is 0 Å². The Balaban J connectivity index is 1.18. The predicted octanol–water partition coefficient (Wildman–Crippen LogP) is 9.88. The zero-order valence-corrected chi connectivity index (χ0v) is 34.0. The van der Waals surface area contributed by atoms with Crippen LogP contribution in [-0.4, -0.2) is 42.7 Å². The Morgan fingerprint density at radius 1 is 0.603 bits per heavy atom. The fraction of sp³-hybridized carbons (Fsp3) is 0.280. The number of hydrogen-bond acceptors (Lipinski definition) is 7. The van der Waals surface area contributed by atoms with E-state index in [0.29, 0.717) is 25.2 Å². The van der Waals surface area contributed by atoms with E-state index in [4.69, 9.17) is 28.4 Å². The average Bonchev–Trinajstić information content (AvgIpc) is 3.27. The highest BCUT2D eigenvalue weighted by Crippen LogP contribution is 2.43. The quantitative estimate of drug-likeness (QED) is 0.104. The van der Waals surface area contributed by atoms with Gasteiger partial charge in [0, 0.05) is 10.0 Å². The average molecular weight is 842 g/mol. The standard InChI is InChI=1S/C50H49BrO7/c51-44-25-24-43(30-42(44)29-40-23-26-45-41(28-40)22-13-27-54-45)50(52)49(57-34-39-20-11-4-12-21-39)48(56-33-38-18-9-3-10-19-38)47(55-32-37-16-7-2-8-17-37)46(58-50)35-53-31-36-14-5-1-6-15-36/h1-12,14-21,23-26,28,30,46-49,52H,13,22,27,29,31-35H2/t46-,47-,48+,49-,50?/m1/s1. The van der Waals surface area contributed by atoms with Crippen LogP contribution in [0.1, 0.15) is 50.9 Å². The van der Waals surface area contributed by atoms with E-state index in [2.05, 4.69) is 34.1 Å². The Kier molecular flexibility index (Phi) is 13.4. The minimum Gasteiger partial charge on any atom is -0.493 e. The van der Waals surface area contributed by atoms with Gasteiger partial charge in [-0.1, -0.05) is 155 Å². The summed E-state index contributed by atoms with van der Waals surface area (Å²) in [5, 5.41) is 13.3. The van der Waals surface area contributed by atoms with E-state index in [9.17, 15) is 5.11 Å². The molecular weight excluding hydrogens is 792 g/mol. The van der Waals surface area contributed by atoms with Crippen molar-refractivity contribution in [2.24, 2.45) is 0 Å². The summed E-state index contributed by atoms with van der Waals surface area (Å²) in [6, 6.07) is 52.3. The van der Waals surface area contributed by atoms with Crippen molar-refractivity contribution in [3.8, 4) is 5.75 Å². The van der Waals surface area contributed by atoms with Crippen molar-refractivity contribution in [2.75, 3.05) is 13.2 Å². The van der Waals surface area contributed by atoms with Crippen LogP contribution in [0.5, 0.6) is 5.75 Å². The molecular formula is C50H49BrO7. The summed E-state index contributed by atoms with van der Waals surface area (Å²) in [4.78, 5) is 0. The number of ether oxygens (including phenoxy) is 6. The van der Waals surface area contributed by atoms with Gasteiger partial charge in [-0.3, -0.25) is 0 Å². The van der Waals surface area contributed by atoms with Gasteiger partial charge in [0.05, 0.1) is 39.6 Å². The fourth-order valence-corrected chi connectivity index (χ4v) is 8.15. The number of hydrogen-bond donors (Lipinski definition) is 1. The number of aryl methyl sites for hydroxylation is 1. The summed E-state index contributed by atoms with van der Waals surface area (Å²) < 4.78 is 40.8. The third-order valence-corrected chi connectivity index (χ3v) is 11.5. The van der Waals surface area contributed by atoms with Crippen molar-refractivity contribution in [1.29, 1.82) is 0 Å². The third kappa shape index (κ3) is 9.96. The summed E-state index contributed by atoms with van der Waals surface area (Å²) >= 11 is 3.82. The van der Waals surface area contributed by atoms with Gasteiger partial charge in [0.25, 0.3) is 0 Å². The Morgan fingerprint density at radius 3 is 1.79 bits per heavy atom. The summed E-state index contributed by atoms with van der Waals surface area (Å²) in [5.74, 6) is -1.01. The molecule has 0 aliphatic carbocycles. The molecule has 8 heteroatoms. The van der Waals surface area contributed by atoms with Gasteiger partial charge in [0.1, 0.15) is 30.2 Å². The molecule has 7 nitrogen and oxygen atoms in total. The van der Waals surface area contributed by atoms with E-state index in [1.807, 2.05) is 140 Å². The summed E-state index contributed by atoms with van der Waals surface area (Å²) in [6.45, 7) is 2.02. The van der Waals surface area contributed by atoms with Crippen molar-refractivity contribution in [3.05, 3.63) is 207 Å². The molecule has 2 heterocycles. The van der Waals surface area contributed by atoms with Crippen LogP contribution >= 0.6 is 15.9 Å². The van der Waals surface area contributed by atoms with Gasteiger partial charge in [-0.25, -0.2) is 0 Å². The lowest BCUT2D eigenvalue weighted by molar-refractivity contribution is -0.378. The van der Waals surface area contributed by atoms with E-state index in [1.165, 1.54) is 5.56 Å². The Bertz CT molecular complexity index is 2190. The minimum atomic E-state index is -1.97. The maximum atomic E-state index is 13.3. The Morgan fingerprint density at radius 2 is 1.17 bits per heavy atom. The monoisotopic (exact) mass is 840 g/mol. The van der Waals surface area contributed by atoms with Gasteiger partial charge < -0.3 is 33.5 Å². The largest absolute Gasteiger partial charge is 0.493 e. The molecule has 0 bridgehead atoms. The SMILES string of the molecule is OC1(c2ccc(Br)c(Cc3ccc4c(c3)CCCO4)c2)O[C@H](COCc2ccccc2)[C@@H](OCc2ccccc2)[C@H](OCc2ccccc2)[C@H]1OCc1ccccc1. The lowest BCUT2D eigenvalue weighted by Gasteiger charge is -2.50. The van der Waals surface area contributed by atoms with Gasteiger partial charge in [0.2, 0.25) is 5.79 Å². The van der Waals surface area contributed by atoms with E-state index < -0.39 is 30.2 Å². The second kappa shape index (κ2) is 19.4. The van der Waals surface area contributed by atoms with Gasteiger partial charge in [-0.2, -0.15) is 0 Å². The number of rotatable bonds is 16. The number of benzene rings is 6. The van der Waals surface area contributed by atoms with Crippen LogP contribution < -0.4 is 4.74 Å². The van der Waals surface area contributed by atoms with Crippen molar-refractivity contribution in [2.45, 2.75) is 75.9 Å². The fourth-order valence-electron chi connectivity index (χ4n) is 7.76. The van der Waals surface area contributed by atoms with E-state index in [1.54, 1.807) is 0 Å². The summed E-state index contributed by atoms with van der Waals surface area (Å²) in [6.07, 6.45) is -0.611. The summed E-state index contributed by atoms with van der Waals surface area (Å²) in [5.41, 5.74) is 7.89. The first-order valence-corrected chi connectivity index (χ1v) is 20.8. The molecule has 6 aromatic carbocycles. The van der Waals surface area contributed by atoms with Gasteiger partial charge in [-0.15, -0.1) is 0 Å². The molecule has 1 N–H and O–H groups in total. The van der Waals surface area contributed by atoms with Crippen molar-refractivity contribution < 1.29 is 33.5 Å². The maximum absolute atomic E-state index is 13.3. The van der Waals surface area contributed by atoms with Crippen LogP contribution in [-0.2, 0) is 68.7 Å². The smallest absolute Gasteiger partial charge is 0.222 e. The molecule has 58 heavy (non-hydrogen) atoms. The summed E-state index contributed by atoms with van der Waals surface area (Å²) in [7, 11) is 0. The van der Waals surface area contributed by atoms with Crippen molar-refractivity contribution in [1.82, 2.24) is 0 Å². The van der Waals surface area contributed by atoms with E-state index >= 15 is 0 Å². The molecule has 8 rings (SSSR count). The number of fused-ring (bicyclic) bond motifs is 1. The molecule has 5 atom stereocenters. The molecule has 298 valence electrons. The second-order valence-electron chi connectivity index (χ2n) is 15.0. The van der Waals surface area contributed by atoms with Crippen molar-refractivity contribution in [3.63, 3.8) is 0 Å². The molecule has 6 aromatic rings. The first kappa shape index (κ1) is 40.2. The Labute approximate surface area is 349 Å². The molecule has 0 amide bonds. The number of halogens is 1. The zero-order chi connectivity index (χ0) is 39.6. The molecule has 0 spiro atoms. The molecule has 1 saturated heterocycles. The van der Waals surface area contributed by atoms with Crippen LogP contribution in [0.25, 0.3) is 0 Å². The van der Waals surface area contributed by atoms with Gasteiger partial charge >= 0.3 is 0 Å². The second-order valence-corrected chi connectivity index (χ2v) is 15.8. The van der Waals surface area contributed by atoms with Crippen LogP contribution in [0.3, 0.4) is 0 Å². The predicted molar refractivity (Wildman–Crippen MR) is 227 cm³/mol. The molecule has 2 aliphatic heterocycles.